The fourth-order valence-electron chi connectivity index (χ4n) is 1.77. The smallest absolute Gasteiger partial charge is 0.240 e. The molecule has 2 N–H and O–H groups in total. The van der Waals surface area contributed by atoms with Crippen LogP contribution in [-0.2, 0) is 23.1 Å². The number of hydrogen-bond donors (Lipinski definition) is 2. The van der Waals surface area contributed by atoms with Crippen molar-refractivity contribution in [1.82, 2.24) is 10.0 Å². The molecule has 0 bridgehead atoms. The van der Waals surface area contributed by atoms with Gasteiger partial charge >= 0.3 is 0 Å². The average molecular weight is 312 g/mol. The molecular weight excluding hydrogens is 295 g/mol. The summed E-state index contributed by atoms with van der Waals surface area (Å²) in [5.74, 6) is -0.426. The lowest BCUT2D eigenvalue weighted by Gasteiger charge is -2.09. The molecule has 5 nitrogen and oxygen atoms in total. The normalized spacial score (nSPS) is 11.7. The molecule has 0 aliphatic heterocycles. The van der Waals surface area contributed by atoms with Crippen molar-refractivity contribution in [1.29, 1.82) is 0 Å². The number of hydrogen-bond acceptors (Lipinski definition) is 4. The van der Waals surface area contributed by atoms with E-state index in [1.54, 1.807) is 6.07 Å². The summed E-state index contributed by atoms with van der Waals surface area (Å²) in [6, 6.07) is 5.43. The molecule has 0 aliphatic carbocycles. The van der Waals surface area contributed by atoms with E-state index >= 15 is 0 Å². The lowest BCUT2D eigenvalue weighted by molar-refractivity contribution is 0.561. The first-order valence-corrected chi connectivity index (χ1v) is 8.01. The number of benzene rings is 1. The van der Waals surface area contributed by atoms with E-state index in [9.17, 15) is 12.8 Å². The summed E-state index contributed by atoms with van der Waals surface area (Å²) in [6.45, 7) is 2.98. The molecule has 1 aromatic heterocycles. The highest BCUT2D eigenvalue weighted by atomic mass is 32.2. The van der Waals surface area contributed by atoms with Gasteiger partial charge in [-0.15, -0.1) is 0 Å². The molecule has 21 heavy (non-hydrogen) atoms. The van der Waals surface area contributed by atoms with Gasteiger partial charge in [0.05, 0.1) is 17.4 Å². The molecule has 0 saturated heterocycles. The van der Waals surface area contributed by atoms with Gasteiger partial charge in [0.2, 0.25) is 10.0 Å². The van der Waals surface area contributed by atoms with Gasteiger partial charge in [0.1, 0.15) is 5.82 Å². The maximum absolute atomic E-state index is 13.6. The van der Waals surface area contributed by atoms with Crippen LogP contribution in [0.25, 0.3) is 0 Å². The number of nitrogens with one attached hydrogen (secondary N) is 2. The third kappa shape index (κ3) is 4.13. The standard InChI is InChI=1S/C14H17FN2O3S/c1-2-16-9-12-7-13(3-4-14(12)15)21(18,19)17-8-11-5-6-20-10-11/h3-7,10,16-17H,2,8-9H2,1H3. The second-order valence-corrected chi connectivity index (χ2v) is 6.26. The number of rotatable bonds is 7. The average Bonchev–Trinajstić information content (AvgIpc) is 2.97. The molecular formula is C14H17FN2O3S. The van der Waals surface area contributed by atoms with Crippen LogP contribution in [0.1, 0.15) is 18.1 Å². The second-order valence-electron chi connectivity index (χ2n) is 4.49. The Bertz CT molecular complexity index is 684. The number of sulfonamides is 1. The first kappa shape index (κ1) is 15.7. The Kier molecular flexibility index (Phi) is 5.11. The molecule has 0 aliphatic rings. The Morgan fingerprint density at radius 3 is 2.71 bits per heavy atom. The fraction of sp³-hybridized carbons (Fsp3) is 0.286. The number of furan rings is 1. The summed E-state index contributed by atoms with van der Waals surface area (Å²) >= 11 is 0. The predicted octanol–water partition coefficient (Wildman–Crippen LogP) is 2.01. The molecule has 0 atom stereocenters. The molecule has 1 aromatic carbocycles. The highest BCUT2D eigenvalue weighted by Crippen LogP contribution is 2.15. The van der Waals surface area contributed by atoms with E-state index in [-0.39, 0.29) is 18.0 Å². The Hall–Kier alpha value is -1.70. The molecule has 2 rings (SSSR count). The third-order valence-electron chi connectivity index (χ3n) is 2.94. The van der Waals surface area contributed by atoms with Crippen LogP contribution < -0.4 is 10.0 Å². The van der Waals surface area contributed by atoms with Gasteiger partial charge in [0, 0.05) is 24.2 Å². The molecule has 0 unspecified atom stereocenters. The third-order valence-corrected chi connectivity index (χ3v) is 4.34. The quantitative estimate of drug-likeness (QED) is 0.820. The van der Waals surface area contributed by atoms with E-state index in [1.807, 2.05) is 6.92 Å². The second kappa shape index (κ2) is 6.84. The summed E-state index contributed by atoms with van der Waals surface area (Å²) in [4.78, 5) is 0.0419. The monoisotopic (exact) mass is 312 g/mol. The van der Waals surface area contributed by atoms with Crippen molar-refractivity contribution in [2.24, 2.45) is 0 Å². The molecule has 0 amide bonds. The zero-order chi connectivity index (χ0) is 15.3. The molecule has 7 heteroatoms. The summed E-state index contributed by atoms with van der Waals surface area (Å²) in [6.07, 6.45) is 2.93. The van der Waals surface area contributed by atoms with Gasteiger partial charge in [-0.3, -0.25) is 0 Å². The molecule has 1 heterocycles. The lowest BCUT2D eigenvalue weighted by atomic mass is 10.2. The van der Waals surface area contributed by atoms with E-state index in [0.717, 1.165) is 0 Å². The molecule has 0 saturated carbocycles. The Morgan fingerprint density at radius 1 is 1.24 bits per heavy atom. The van der Waals surface area contributed by atoms with Crippen molar-refractivity contribution in [2.45, 2.75) is 24.9 Å². The summed E-state index contributed by atoms with van der Waals surface area (Å²) in [7, 11) is -3.69. The minimum absolute atomic E-state index is 0.0419. The molecule has 2 aromatic rings. The van der Waals surface area contributed by atoms with Crippen molar-refractivity contribution < 1.29 is 17.2 Å². The maximum Gasteiger partial charge on any atom is 0.240 e. The lowest BCUT2D eigenvalue weighted by Crippen LogP contribution is -2.23. The first-order valence-electron chi connectivity index (χ1n) is 6.53. The van der Waals surface area contributed by atoms with Crippen molar-refractivity contribution in [3.05, 3.63) is 53.7 Å². The van der Waals surface area contributed by atoms with Gasteiger partial charge < -0.3 is 9.73 Å². The van der Waals surface area contributed by atoms with Crippen LogP contribution in [0.4, 0.5) is 4.39 Å². The minimum Gasteiger partial charge on any atom is -0.472 e. The van der Waals surface area contributed by atoms with E-state index in [4.69, 9.17) is 4.42 Å². The molecule has 0 spiro atoms. The fourth-order valence-corrected chi connectivity index (χ4v) is 2.84. The van der Waals surface area contributed by atoms with Gasteiger partial charge in [-0.2, -0.15) is 0 Å². The van der Waals surface area contributed by atoms with E-state index in [1.165, 1.54) is 30.7 Å². The predicted molar refractivity (Wildman–Crippen MR) is 76.5 cm³/mol. The Labute approximate surface area is 123 Å². The number of halogens is 1. The minimum atomic E-state index is -3.69. The van der Waals surface area contributed by atoms with Crippen LogP contribution in [0.5, 0.6) is 0 Å². The highest BCUT2D eigenvalue weighted by Gasteiger charge is 2.16. The van der Waals surface area contributed by atoms with Crippen LogP contribution in [0, 0.1) is 5.82 Å². The van der Waals surface area contributed by atoms with Gasteiger partial charge in [0.15, 0.2) is 0 Å². The van der Waals surface area contributed by atoms with Crippen molar-refractivity contribution in [2.75, 3.05) is 6.54 Å². The maximum atomic E-state index is 13.6. The molecule has 0 radical (unpaired) electrons. The topological polar surface area (TPSA) is 71.3 Å². The highest BCUT2D eigenvalue weighted by molar-refractivity contribution is 7.89. The van der Waals surface area contributed by atoms with Gasteiger partial charge in [0.25, 0.3) is 0 Å². The Morgan fingerprint density at radius 2 is 2.05 bits per heavy atom. The Balaban J connectivity index is 2.15. The van der Waals surface area contributed by atoms with E-state index in [0.29, 0.717) is 17.7 Å². The van der Waals surface area contributed by atoms with Crippen LogP contribution in [0.2, 0.25) is 0 Å². The van der Waals surface area contributed by atoms with E-state index < -0.39 is 15.8 Å². The van der Waals surface area contributed by atoms with Gasteiger partial charge in [-0.1, -0.05) is 6.92 Å². The summed E-state index contributed by atoms with van der Waals surface area (Å²) in [5, 5.41) is 2.97. The van der Waals surface area contributed by atoms with Crippen molar-refractivity contribution in [3.63, 3.8) is 0 Å². The van der Waals surface area contributed by atoms with Crippen molar-refractivity contribution >= 4 is 10.0 Å². The summed E-state index contributed by atoms with van der Waals surface area (Å²) in [5.41, 5.74) is 1.04. The van der Waals surface area contributed by atoms with Crippen LogP contribution in [-0.4, -0.2) is 15.0 Å². The molecule has 114 valence electrons. The molecule has 0 fully saturated rings. The van der Waals surface area contributed by atoms with E-state index in [2.05, 4.69) is 10.0 Å². The largest absolute Gasteiger partial charge is 0.472 e. The van der Waals surface area contributed by atoms with Crippen LogP contribution in [0.15, 0.2) is 46.1 Å². The van der Waals surface area contributed by atoms with Gasteiger partial charge in [-0.05, 0) is 30.8 Å². The van der Waals surface area contributed by atoms with Crippen molar-refractivity contribution in [3.8, 4) is 0 Å². The zero-order valence-corrected chi connectivity index (χ0v) is 12.4. The zero-order valence-electron chi connectivity index (χ0n) is 11.6. The summed E-state index contributed by atoms with van der Waals surface area (Å²) < 4.78 is 45.3. The van der Waals surface area contributed by atoms with Gasteiger partial charge in [-0.25, -0.2) is 17.5 Å². The SMILES string of the molecule is CCNCc1cc(S(=O)(=O)NCc2ccoc2)ccc1F. The first-order chi connectivity index (χ1) is 10.0. The van der Waals surface area contributed by atoms with Crippen LogP contribution in [0.3, 0.4) is 0 Å². The van der Waals surface area contributed by atoms with Crippen LogP contribution >= 0.6 is 0 Å².